The van der Waals surface area contributed by atoms with E-state index in [0.29, 0.717) is 51.4 Å². The van der Waals surface area contributed by atoms with Gasteiger partial charge in [-0.1, -0.05) is 67.8 Å². The van der Waals surface area contributed by atoms with Gasteiger partial charge in [-0.2, -0.15) is 0 Å². The van der Waals surface area contributed by atoms with E-state index in [1.807, 2.05) is 38.1 Å². The van der Waals surface area contributed by atoms with Gasteiger partial charge in [0.2, 0.25) is 0 Å². The SMILES string of the molecule is C=CCCCCCCCC(=O)O[C@@H]1C[C@H](OC(C)=O)[C@H](C/C=C\CCCC(=O)OC(C)C)[C@H]1CC[C@@H](O)CCc1ccccc1. The second-order valence-corrected chi connectivity index (χ2v) is 12.7. The molecule has 1 aromatic carbocycles. The molecule has 252 valence electrons. The molecule has 5 atom stereocenters. The largest absolute Gasteiger partial charge is 0.463 e. The van der Waals surface area contributed by atoms with Gasteiger partial charge in [0.1, 0.15) is 12.2 Å². The first kappa shape index (κ1) is 38.3. The van der Waals surface area contributed by atoms with Crippen LogP contribution >= 0.6 is 0 Å². The molecular weight excluding hydrogens is 568 g/mol. The summed E-state index contributed by atoms with van der Waals surface area (Å²) >= 11 is 0. The number of carbonyl (C=O) groups excluding carboxylic acids is 3. The zero-order chi connectivity index (χ0) is 32.9. The highest BCUT2D eigenvalue weighted by Crippen LogP contribution is 2.42. The molecule has 0 amide bonds. The minimum atomic E-state index is -0.475. The molecule has 7 heteroatoms. The van der Waals surface area contributed by atoms with E-state index >= 15 is 0 Å². The highest BCUT2D eigenvalue weighted by atomic mass is 16.6. The van der Waals surface area contributed by atoms with Gasteiger partial charge in [0.25, 0.3) is 0 Å². The Balaban J connectivity index is 2.01. The maximum Gasteiger partial charge on any atom is 0.306 e. The molecule has 0 radical (unpaired) electrons. The molecule has 1 aromatic rings. The lowest BCUT2D eigenvalue weighted by Crippen LogP contribution is -2.28. The number of benzene rings is 1. The number of unbranched alkanes of at least 4 members (excludes halogenated alkanes) is 6. The third kappa shape index (κ3) is 16.8. The number of hydrogen-bond acceptors (Lipinski definition) is 7. The summed E-state index contributed by atoms with van der Waals surface area (Å²) in [7, 11) is 0. The van der Waals surface area contributed by atoms with E-state index in [1.54, 1.807) is 0 Å². The molecule has 1 N–H and O–H groups in total. The minimum absolute atomic E-state index is 0.0277. The normalized spacial score (nSPS) is 20.3. The lowest BCUT2D eigenvalue weighted by Gasteiger charge is -2.26. The number of esters is 3. The molecular formula is C38H58O7. The van der Waals surface area contributed by atoms with E-state index in [4.69, 9.17) is 14.2 Å². The number of hydrogen-bond donors (Lipinski definition) is 1. The van der Waals surface area contributed by atoms with Crippen molar-refractivity contribution in [3.63, 3.8) is 0 Å². The van der Waals surface area contributed by atoms with Crippen molar-refractivity contribution >= 4 is 17.9 Å². The number of ether oxygens (including phenoxy) is 3. The van der Waals surface area contributed by atoms with Gasteiger partial charge < -0.3 is 19.3 Å². The van der Waals surface area contributed by atoms with Gasteiger partial charge in [-0.05, 0) is 83.6 Å². The van der Waals surface area contributed by atoms with Crippen LogP contribution < -0.4 is 0 Å². The van der Waals surface area contributed by atoms with Crippen LogP contribution in [-0.4, -0.2) is 47.4 Å². The second-order valence-electron chi connectivity index (χ2n) is 12.7. The summed E-state index contributed by atoms with van der Waals surface area (Å²) < 4.78 is 17.1. The van der Waals surface area contributed by atoms with Gasteiger partial charge in [0.15, 0.2) is 0 Å². The molecule has 0 unspecified atom stereocenters. The van der Waals surface area contributed by atoms with E-state index < -0.39 is 6.10 Å². The topological polar surface area (TPSA) is 99.1 Å². The lowest BCUT2D eigenvalue weighted by molar-refractivity contribution is -0.152. The number of carbonyl (C=O) groups is 3. The summed E-state index contributed by atoms with van der Waals surface area (Å²) in [5.74, 6) is -0.795. The molecule has 0 heterocycles. The minimum Gasteiger partial charge on any atom is -0.463 e. The van der Waals surface area contributed by atoms with Crippen LogP contribution in [0, 0.1) is 11.8 Å². The molecule has 1 fully saturated rings. The number of aryl methyl sites for hydroxylation is 1. The smallest absolute Gasteiger partial charge is 0.306 e. The van der Waals surface area contributed by atoms with Crippen molar-refractivity contribution in [3.05, 3.63) is 60.7 Å². The van der Waals surface area contributed by atoms with E-state index in [1.165, 1.54) is 12.5 Å². The van der Waals surface area contributed by atoms with Crippen LogP contribution in [0.25, 0.3) is 0 Å². The molecule has 7 nitrogen and oxygen atoms in total. The van der Waals surface area contributed by atoms with E-state index in [9.17, 15) is 19.5 Å². The third-order valence-corrected chi connectivity index (χ3v) is 8.49. The Morgan fingerprint density at radius 2 is 1.56 bits per heavy atom. The molecule has 0 saturated heterocycles. The summed E-state index contributed by atoms with van der Waals surface area (Å²) in [6.07, 6.45) is 17.0. The standard InChI is InChI=1S/C38H58O7/c1-5-6-7-8-9-10-17-23-38(42)45-36-28-35(44-30(4)39)33(21-16-11-12-18-22-37(41)43-29(2)3)34(36)27-26-32(40)25-24-31-19-14-13-15-20-31/h5,11,13-16,19-20,29,32-36,40H,1,6-10,12,17-18,21-28H2,2-4H3/b16-11-/t32-,33+,34+,35-,36+/m0/s1. The first-order chi connectivity index (χ1) is 21.7. The average Bonchev–Trinajstić information content (AvgIpc) is 3.30. The van der Waals surface area contributed by atoms with Crippen LogP contribution in [-0.2, 0) is 35.0 Å². The molecule has 0 bridgehead atoms. The maximum atomic E-state index is 12.9. The van der Waals surface area contributed by atoms with Crippen molar-refractivity contribution in [1.29, 1.82) is 0 Å². The Bertz CT molecular complexity index is 1020. The van der Waals surface area contributed by atoms with Gasteiger partial charge >= 0.3 is 17.9 Å². The highest BCUT2D eigenvalue weighted by Gasteiger charge is 2.46. The summed E-state index contributed by atoms with van der Waals surface area (Å²) in [5, 5.41) is 10.9. The number of aliphatic hydroxyl groups excluding tert-OH is 1. The fraction of sp³-hybridized carbons (Fsp3) is 0.658. The highest BCUT2D eigenvalue weighted by molar-refractivity contribution is 5.70. The first-order valence-corrected chi connectivity index (χ1v) is 17.2. The van der Waals surface area contributed by atoms with Crippen LogP contribution in [0.5, 0.6) is 0 Å². The maximum absolute atomic E-state index is 12.9. The predicted molar refractivity (Wildman–Crippen MR) is 178 cm³/mol. The van der Waals surface area contributed by atoms with E-state index in [2.05, 4.69) is 30.9 Å². The van der Waals surface area contributed by atoms with Gasteiger partial charge in [-0.25, -0.2) is 0 Å². The van der Waals surface area contributed by atoms with E-state index in [-0.39, 0.29) is 48.1 Å². The summed E-state index contributed by atoms with van der Waals surface area (Å²) in [5.41, 5.74) is 1.19. The van der Waals surface area contributed by atoms with Crippen LogP contribution in [0.4, 0.5) is 0 Å². The zero-order valence-corrected chi connectivity index (χ0v) is 28.0. The number of rotatable bonds is 23. The van der Waals surface area contributed by atoms with Crippen LogP contribution in [0.3, 0.4) is 0 Å². The Labute approximate surface area is 271 Å². The van der Waals surface area contributed by atoms with Crippen LogP contribution in [0.1, 0.15) is 123 Å². The van der Waals surface area contributed by atoms with Crippen LogP contribution in [0.2, 0.25) is 0 Å². The van der Waals surface area contributed by atoms with Crippen molar-refractivity contribution in [2.45, 2.75) is 148 Å². The summed E-state index contributed by atoms with van der Waals surface area (Å²) in [6, 6.07) is 10.1. The van der Waals surface area contributed by atoms with Crippen molar-refractivity contribution in [2.24, 2.45) is 11.8 Å². The Kier molecular flexibility index (Phi) is 19.2. The Morgan fingerprint density at radius 3 is 2.27 bits per heavy atom. The van der Waals surface area contributed by atoms with Crippen molar-refractivity contribution < 1.29 is 33.7 Å². The van der Waals surface area contributed by atoms with Gasteiger partial charge in [0.05, 0.1) is 12.2 Å². The van der Waals surface area contributed by atoms with E-state index in [0.717, 1.165) is 51.4 Å². The Hall–Kier alpha value is -2.93. The van der Waals surface area contributed by atoms with Crippen molar-refractivity contribution in [2.75, 3.05) is 0 Å². The van der Waals surface area contributed by atoms with Gasteiger partial charge in [-0.3, -0.25) is 14.4 Å². The predicted octanol–water partition coefficient (Wildman–Crippen LogP) is 8.22. The van der Waals surface area contributed by atoms with Crippen molar-refractivity contribution in [3.8, 4) is 0 Å². The fourth-order valence-electron chi connectivity index (χ4n) is 6.22. The molecule has 2 rings (SSSR count). The molecule has 45 heavy (non-hydrogen) atoms. The first-order valence-electron chi connectivity index (χ1n) is 17.2. The number of aliphatic hydroxyl groups is 1. The average molecular weight is 627 g/mol. The molecule has 1 aliphatic rings. The molecule has 1 saturated carbocycles. The zero-order valence-electron chi connectivity index (χ0n) is 28.0. The number of allylic oxidation sites excluding steroid dienone is 3. The lowest BCUT2D eigenvalue weighted by atomic mass is 9.85. The fourth-order valence-corrected chi connectivity index (χ4v) is 6.22. The quantitative estimate of drug-likeness (QED) is 0.0565. The Morgan fingerprint density at radius 1 is 0.867 bits per heavy atom. The monoisotopic (exact) mass is 626 g/mol. The van der Waals surface area contributed by atoms with Crippen molar-refractivity contribution in [1.82, 2.24) is 0 Å². The summed E-state index contributed by atoms with van der Waals surface area (Å²) in [4.78, 5) is 36.8. The molecule has 0 spiro atoms. The molecule has 1 aliphatic carbocycles. The van der Waals surface area contributed by atoms with Gasteiger partial charge in [-0.15, -0.1) is 6.58 Å². The summed E-state index contributed by atoms with van der Waals surface area (Å²) in [6.45, 7) is 8.86. The molecule has 0 aromatic heterocycles. The van der Waals surface area contributed by atoms with Crippen LogP contribution in [0.15, 0.2) is 55.1 Å². The second kappa shape index (κ2) is 22.6. The molecule has 0 aliphatic heterocycles. The third-order valence-electron chi connectivity index (χ3n) is 8.49. The van der Waals surface area contributed by atoms with Gasteiger partial charge in [0, 0.05) is 38.0 Å².